The molecular weight excluding hydrogens is 218 g/mol. The molecular formula is C12H19N3O2. The number of ether oxygens (including phenoxy) is 1. The van der Waals surface area contributed by atoms with Crippen LogP contribution in [0, 0.1) is 0 Å². The first kappa shape index (κ1) is 13.6. The number of pyridine rings is 1. The maximum Gasteiger partial charge on any atom is 0.237 e. The molecule has 0 aliphatic rings. The SMILES string of the molecule is COCCC(N)C(=O)N[C@H](C)c1ccccn1. The third-order valence-corrected chi connectivity index (χ3v) is 2.46. The fraction of sp³-hybridized carbons (Fsp3) is 0.500. The number of nitrogens with zero attached hydrogens (tertiary/aromatic N) is 1. The maximum absolute atomic E-state index is 11.7. The van der Waals surface area contributed by atoms with Crippen LogP contribution >= 0.6 is 0 Å². The molecule has 0 aliphatic carbocycles. The molecule has 1 unspecified atom stereocenters. The predicted octanol–water partition coefficient (Wildman–Crippen LogP) is 0.623. The third kappa shape index (κ3) is 4.50. The largest absolute Gasteiger partial charge is 0.385 e. The molecule has 0 bridgehead atoms. The first-order valence-corrected chi connectivity index (χ1v) is 5.61. The van der Waals surface area contributed by atoms with Crippen molar-refractivity contribution < 1.29 is 9.53 Å². The molecule has 1 aromatic rings. The van der Waals surface area contributed by atoms with Crippen LogP contribution in [0.3, 0.4) is 0 Å². The highest BCUT2D eigenvalue weighted by Crippen LogP contribution is 2.07. The van der Waals surface area contributed by atoms with E-state index < -0.39 is 6.04 Å². The fourth-order valence-corrected chi connectivity index (χ4v) is 1.40. The number of carbonyl (C=O) groups excluding carboxylic acids is 1. The first-order chi connectivity index (χ1) is 8.15. The van der Waals surface area contributed by atoms with E-state index in [0.717, 1.165) is 5.69 Å². The van der Waals surface area contributed by atoms with Crippen LogP contribution in [0.1, 0.15) is 25.1 Å². The van der Waals surface area contributed by atoms with Gasteiger partial charge in [-0.25, -0.2) is 0 Å². The van der Waals surface area contributed by atoms with Crippen molar-refractivity contribution in [2.45, 2.75) is 25.4 Å². The third-order valence-electron chi connectivity index (χ3n) is 2.46. The van der Waals surface area contributed by atoms with E-state index in [1.807, 2.05) is 25.1 Å². The van der Waals surface area contributed by atoms with Crippen molar-refractivity contribution in [2.24, 2.45) is 5.73 Å². The van der Waals surface area contributed by atoms with Crippen molar-refractivity contribution in [3.8, 4) is 0 Å². The molecule has 5 nitrogen and oxygen atoms in total. The van der Waals surface area contributed by atoms with Gasteiger partial charge in [-0.1, -0.05) is 6.07 Å². The van der Waals surface area contributed by atoms with E-state index in [1.165, 1.54) is 0 Å². The van der Waals surface area contributed by atoms with E-state index in [2.05, 4.69) is 10.3 Å². The smallest absolute Gasteiger partial charge is 0.237 e. The van der Waals surface area contributed by atoms with Gasteiger partial charge in [0.2, 0.25) is 5.91 Å². The molecule has 0 radical (unpaired) electrons. The van der Waals surface area contributed by atoms with Crippen LogP contribution in [0.15, 0.2) is 24.4 Å². The van der Waals surface area contributed by atoms with Gasteiger partial charge in [0.15, 0.2) is 0 Å². The van der Waals surface area contributed by atoms with Crippen LogP contribution in [-0.2, 0) is 9.53 Å². The minimum absolute atomic E-state index is 0.141. The Kier molecular flexibility index (Phi) is 5.59. The minimum atomic E-state index is -0.541. The molecule has 1 heterocycles. The zero-order chi connectivity index (χ0) is 12.7. The molecule has 1 rings (SSSR count). The van der Waals surface area contributed by atoms with E-state index in [9.17, 15) is 4.79 Å². The topological polar surface area (TPSA) is 77.2 Å². The van der Waals surface area contributed by atoms with Gasteiger partial charge >= 0.3 is 0 Å². The fourth-order valence-electron chi connectivity index (χ4n) is 1.40. The number of hydrogen-bond donors (Lipinski definition) is 2. The summed E-state index contributed by atoms with van der Waals surface area (Å²) in [5, 5.41) is 2.82. The Morgan fingerprint density at radius 1 is 1.59 bits per heavy atom. The summed E-state index contributed by atoms with van der Waals surface area (Å²) < 4.78 is 4.88. The molecule has 0 aromatic carbocycles. The van der Waals surface area contributed by atoms with Crippen molar-refractivity contribution in [3.05, 3.63) is 30.1 Å². The first-order valence-electron chi connectivity index (χ1n) is 5.61. The molecule has 0 saturated carbocycles. The molecule has 0 saturated heterocycles. The highest BCUT2D eigenvalue weighted by atomic mass is 16.5. The summed E-state index contributed by atoms with van der Waals surface area (Å²) in [6.07, 6.45) is 2.21. The lowest BCUT2D eigenvalue weighted by Crippen LogP contribution is -2.42. The van der Waals surface area contributed by atoms with Crippen molar-refractivity contribution >= 4 is 5.91 Å². The van der Waals surface area contributed by atoms with Crippen LogP contribution in [-0.4, -0.2) is 30.6 Å². The quantitative estimate of drug-likeness (QED) is 0.760. The Bertz CT molecular complexity index is 343. The summed E-state index contributed by atoms with van der Waals surface area (Å²) >= 11 is 0. The van der Waals surface area contributed by atoms with Gasteiger partial charge in [0.25, 0.3) is 0 Å². The van der Waals surface area contributed by atoms with Gasteiger partial charge in [0.05, 0.1) is 17.8 Å². The predicted molar refractivity (Wildman–Crippen MR) is 65.3 cm³/mol. The van der Waals surface area contributed by atoms with Crippen LogP contribution < -0.4 is 11.1 Å². The number of methoxy groups -OCH3 is 1. The summed E-state index contributed by atoms with van der Waals surface area (Å²) in [7, 11) is 1.58. The van der Waals surface area contributed by atoms with Gasteiger partial charge in [0.1, 0.15) is 0 Å². The number of nitrogens with two attached hydrogens (primary N) is 1. The van der Waals surface area contributed by atoms with Gasteiger partial charge in [-0.2, -0.15) is 0 Å². The number of aromatic nitrogens is 1. The van der Waals surface area contributed by atoms with Crippen molar-refractivity contribution in [1.29, 1.82) is 0 Å². The van der Waals surface area contributed by atoms with E-state index in [0.29, 0.717) is 13.0 Å². The second-order valence-corrected chi connectivity index (χ2v) is 3.87. The summed E-state index contributed by atoms with van der Waals surface area (Å²) in [6, 6.07) is 4.91. The summed E-state index contributed by atoms with van der Waals surface area (Å²) in [4.78, 5) is 15.9. The minimum Gasteiger partial charge on any atom is -0.385 e. The summed E-state index contributed by atoms with van der Waals surface area (Å²) in [6.45, 7) is 2.36. The summed E-state index contributed by atoms with van der Waals surface area (Å²) in [5.74, 6) is -0.180. The molecule has 94 valence electrons. The monoisotopic (exact) mass is 237 g/mol. The van der Waals surface area contributed by atoms with E-state index >= 15 is 0 Å². The van der Waals surface area contributed by atoms with Crippen LogP contribution in [0.2, 0.25) is 0 Å². The van der Waals surface area contributed by atoms with Gasteiger partial charge in [-0.3, -0.25) is 9.78 Å². The number of hydrogen-bond acceptors (Lipinski definition) is 4. The van der Waals surface area contributed by atoms with Crippen molar-refractivity contribution in [2.75, 3.05) is 13.7 Å². The molecule has 0 fully saturated rings. The molecule has 0 spiro atoms. The zero-order valence-electron chi connectivity index (χ0n) is 10.2. The number of nitrogens with one attached hydrogen (secondary N) is 1. The molecule has 5 heteroatoms. The molecule has 1 aromatic heterocycles. The Morgan fingerprint density at radius 2 is 2.35 bits per heavy atom. The van der Waals surface area contributed by atoms with Crippen molar-refractivity contribution in [3.63, 3.8) is 0 Å². The summed E-state index contributed by atoms with van der Waals surface area (Å²) in [5.41, 5.74) is 6.54. The average molecular weight is 237 g/mol. The van der Waals surface area contributed by atoms with Gasteiger partial charge in [-0.15, -0.1) is 0 Å². The zero-order valence-corrected chi connectivity index (χ0v) is 10.2. The molecule has 0 aliphatic heterocycles. The lowest BCUT2D eigenvalue weighted by molar-refractivity contribution is -0.123. The van der Waals surface area contributed by atoms with Crippen molar-refractivity contribution in [1.82, 2.24) is 10.3 Å². The van der Waals surface area contributed by atoms with Gasteiger partial charge < -0.3 is 15.8 Å². The Balaban J connectivity index is 2.46. The second kappa shape index (κ2) is 6.98. The number of amides is 1. The lowest BCUT2D eigenvalue weighted by atomic mass is 10.1. The standard InChI is InChI=1S/C12H19N3O2/c1-9(11-5-3-4-7-14-11)15-12(16)10(13)6-8-17-2/h3-5,7,9-10H,6,8,13H2,1-2H3,(H,15,16)/t9-,10?/m1/s1. The number of carbonyl (C=O) groups is 1. The van der Waals surface area contributed by atoms with E-state index in [4.69, 9.17) is 10.5 Å². The second-order valence-electron chi connectivity index (χ2n) is 3.87. The van der Waals surface area contributed by atoms with Gasteiger partial charge in [-0.05, 0) is 25.5 Å². The van der Waals surface area contributed by atoms with Crippen LogP contribution in [0.5, 0.6) is 0 Å². The van der Waals surface area contributed by atoms with Crippen LogP contribution in [0.4, 0.5) is 0 Å². The normalized spacial score (nSPS) is 14.1. The van der Waals surface area contributed by atoms with Gasteiger partial charge in [0, 0.05) is 19.9 Å². The molecule has 1 amide bonds. The Morgan fingerprint density at radius 3 is 2.94 bits per heavy atom. The van der Waals surface area contributed by atoms with E-state index in [-0.39, 0.29) is 11.9 Å². The maximum atomic E-state index is 11.7. The molecule has 2 atom stereocenters. The average Bonchev–Trinajstić information content (AvgIpc) is 2.36. The number of rotatable bonds is 6. The van der Waals surface area contributed by atoms with E-state index in [1.54, 1.807) is 13.3 Å². The van der Waals surface area contributed by atoms with Crippen LogP contribution in [0.25, 0.3) is 0 Å². The molecule has 3 N–H and O–H groups in total. The highest BCUT2D eigenvalue weighted by molar-refractivity contribution is 5.81. The Labute approximate surface area is 101 Å². The highest BCUT2D eigenvalue weighted by Gasteiger charge is 2.16. The lowest BCUT2D eigenvalue weighted by Gasteiger charge is -2.16. The molecule has 17 heavy (non-hydrogen) atoms. The Hall–Kier alpha value is -1.46.